The number of benzene rings is 1. The zero-order valence-electron chi connectivity index (χ0n) is 14.2. The van der Waals surface area contributed by atoms with Gasteiger partial charge in [0, 0.05) is 26.6 Å². The first-order valence-electron chi connectivity index (χ1n) is 7.76. The summed E-state index contributed by atoms with van der Waals surface area (Å²) in [5.74, 6) is -0.0372. The lowest BCUT2D eigenvalue weighted by molar-refractivity contribution is -0.124. The quantitative estimate of drug-likeness (QED) is 0.347. The number of aryl methyl sites for hydroxylation is 1. The molecule has 0 aliphatic carbocycles. The van der Waals surface area contributed by atoms with E-state index in [9.17, 15) is 14.4 Å². The van der Waals surface area contributed by atoms with Crippen LogP contribution < -0.4 is 16.7 Å². The van der Waals surface area contributed by atoms with Crippen LogP contribution in [0, 0.1) is 0 Å². The van der Waals surface area contributed by atoms with Gasteiger partial charge in [-0.05, 0) is 17.2 Å². The van der Waals surface area contributed by atoms with Gasteiger partial charge >= 0.3 is 5.69 Å². The second-order valence-corrected chi connectivity index (χ2v) is 5.81. The molecule has 0 aliphatic rings. The summed E-state index contributed by atoms with van der Waals surface area (Å²) in [6.07, 6.45) is 3.23. The van der Waals surface area contributed by atoms with E-state index in [4.69, 9.17) is 5.21 Å². The fraction of sp³-hybridized carbons (Fsp3) is 0.176. The van der Waals surface area contributed by atoms with Crippen LogP contribution in [0.5, 0.6) is 0 Å². The Morgan fingerprint density at radius 3 is 2.58 bits per heavy atom. The second kappa shape index (κ2) is 6.81. The molecule has 0 spiro atoms. The minimum absolute atomic E-state index is 0.221. The molecule has 134 valence electrons. The third-order valence-electron chi connectivity index (χ3n) is 4.04. The van der Waals surface area contributed by atoms with E-state index in [1.807, 2.05) is 24.3 Å². The largest absolute Gasteiger partial charge is 0.332 e. The van der Waals surface area contributed by atoms with Crippen LogP contribution in [-0.4, -0.2) is 30.2 Å². The summed E-state index contributed by atoms with van der Waals surface area (Å²) in [5.41, 5.74) is 3.01. The van der Waals surface area contributed by atoms with E-state index in [0.29, 0.717) is 17.9 Å². The van der Waals surface area contributed by atoms with Crippen molar-refractivity contribution in [3.8, 4) is 0 Å². The maximum absolute atomic E-state index is 12.2. The van der Waals surface area contributed by atoms with E-state index in [1.165, 1.54) is 23.2 Å². The van der Waals surface area contributed by atoms with E-state index >= 15 is 0 Å². The van der Waals surface area contributed by atoms with Gasteiger partial charge in [0.05, 0.1) is 0 Å². The Balaban J connectivity index is 1.88. The molecule has 0 unspecified atom stereocenters. The molecule has 3 N–H and O–H groups in total. The van der Waals surface area contributed by atoms with Gasteiger partial charge in [0.2, 0.25) is 0 Å². The zero-order chi connectivity index (χ0) is 18.8. The molecule has 9 nitrogen and oxygen atoms in total. The van der Waals surface area contributed by atoms with Crippen molar-refractivity contribution in [2.24, 2.45) is 14.1 Å². The van der Waals surface area contributed by atoms with Crippen LogP contribution in [0.25, 0.3) is 17.2 Å². The highest BCUT2D eigenvalue weighted by atomic mass is 16.5. The number of aromatic nitrogens is 4. The fourth-order valence-electron chi connectivity index (χ4n) is 2.60. The van der Waals surface area contributed by atoms with E-state index in [1.54, 1.807) is 13.1 Å². The van der Waals surface area contributed by atoms with Crippen LogP contribution >= 0.6 is 0 Å². The molecule has 3 rings (SSSR count). The minimum atomic E-state index is -0.608. The average molecular weight is 355 g/mol. The first-order valence-corrected chi connectivity index (χ1v) is 7.76. The number of rotatable bonds is 4. The van der Waals surface area contributed by atoms with Gasteiger partial charge in [0.1, 0.15) is 11.5 Å². The molecule has 0 atom stereocenters. The van der Waals surface area contributed by atoms with Gasteiger partial charge in [0.15, 0.2) is 5.52 Å². The van der Waals surface area contributed by atoms with Crippen molar-refractivity contribution in [2.75, 3.05) is 0 Å². The van der Waals surface area contributed by atoms with Gasteiger partial charge in [-0.25, -0.2) is 15.3 Å². The molecular formula is C17H17N5O4. The van der Waals surface area contributed by atoms with Crippen molar-refractivity contribution in [1.82, 2.24) is 24.6 Å². The number of H-pyrrole nitrogens is 1. The standard InChI is InChI=1S/C17H17N5O4/c1-21-15-14(16(24)22(2)17(21)25)18-12(19-15)9-11-5-3-10(4-6-11)7-8-13(23)20-26/h3-8,26H,9H2,1-2H3,(H,18,19)(H,20,23)/b8-7+. The van der Waals surface area contributed by atoms with Crippen LogP contribution in [0.4, 0.5) is 0 Å². The van der Waals surface area contributed by atoms with E-state index < -0.39 is 17.2 Å². The summed E-state index contributed by atoms with van der Waals surface area (Å²) < 4.78 is 2.38. The Hall–Kier alpha value is -3.46. The average Bonchev–Trinajstić information content (AvgIpc) is 3.07. The Morgan fingerprint density at radius 1 is 1.23 bits per heavy atom. The number of carbonyl (C=O) groups is 1. The molecule has 0 aliphatic heterocycles. The predicted octanol–water partition coefficient (Wildman–Crippen LogP) is 0.0697. The number of carbonyl (C=O) groups excluding carboxylic acids is 1. The number of aromatic amines is 1. The van der Waals surface area contributed by atoms with Crippen molar-refractivity contribution in [3.63, 3.8) is 0 Å². The van der Waals surface area contributed by atoms with Gasteiger partial charge in [0.25, 0.3) is 11.5 Å². The number of imidazole rings is 1. The Bertz CT molecular complexity index is 1120. The molecule has 0 saturated carbocycles. The normalized spacial score (nSPS) is 11.3. The molecule has 0 bridgehead atoms. The maximum atomic E-state index is 12.2. The number of nitrogens with zero attached hydrogens (tertiary/aromatic N) is 3. The highest BCUT2D eigenvalue weighted by Gasteiger charge is 2.13. The number of hydroxylamine groups is 1. The van der Waals surface area contributed by atoms with E-state index in [0.717, 1.165) is 15.7 Å². The summed E-state index contributed by atoms with van der Waals surface area (Å²) >= 11 is 0. The fourth-order valence-corrected chi connectivity index (χ4v) is 2.60. The lowest BCUT2D eigenvalue weighted by Gasteiger charge is -2.01. The molecule has 1 aromatic carbocycles. The van der Waals surface area contributed by atoms with Crippen molar-refractivity contribution >= 4 is 23.1 Å². The van der Waals surface area contributed by atoms with Crippen LogP contribution in [0.1, 0.15) is 17.0 Å². The summed E-state index contributed by atoms with van der Waals surface area (Å²) in [4.78, 5) is 42.5. The zero-order valence-corrected chi connectivity index (χ0v) is 14.2. The number of fused-ring (bicyclic) bond motifs is 1. The topological polar surface area (TPSA) is 122 Å². The van der Waals surface area contributed by atoms with E-state index in [2.05, 4.69) is 9.97 Å². The number of nitrogens with one attached hydrogen (secondary N) is 2. The molecule has 0 saturated heterocycles. The van der Waals surface area contributed by atoms with E-state index in [-0.39, 0.29) is 5.52 Å². The molecule has 2 aromatic heterocycles. The van der Waals surface area contributed by atoms with Crippen molar-refractivity contribution in [1.29, 1.82) is 0 Å². The Labute approximate surface area is 147 Å². The summed E-state index contributed by atoms with van der Waals surface area (Å²) in [5, 5.41) is 8.45. The summed E-state index contributed by atoms with van der Waals surface area (Å²) in [7, 11) is 3.00. The van der Waals surface area contributed by atoms with Crippen molar-refractivity contribution in [2.45, 2.75) is 6.42 Å². The van der Waals surface area contributed by atoms with Crippen LogP contribution in [0.15, 0.2) is 39.9 Å². The van der Waals surface area contributed by atoms with Gasteiger partial charge < -0.3 is 4.98 Å². The van der Waals surface area contributed by atoms with Gasteiger partial charge in [-0.2, -0.15) is 0 Å². The van der Waals surface area contributed by atoms with Crippen LogP contribution in [-0.2, 0) is 25.3 Å². The van der Waals surface area contributed by atoms with Crippen molar-refractivity contribution < 1.29 is 10.0 Å². The van der Waals surface area contributed by atoms with Crippen molar-refractivity contribution in [3.05, 3.63) is 68.1 Å². The number of hydrogen-bond acceptors (Lipinski definition) is 5. The number of hydrogen-bond donors (Lipinski definition) is 3. The van der Waals surface area contributed by atoms with Gasteiger partial charge in [-0.3, -0.25) is 23.9 Å². The molecule has 2 heterocycles. The third-order valence-corrected chi connectivity index (χ3v) is 4.04. The number of amides is 1. The highest BCUT2D eigenvalue weighted by molar-refractivity contribution is 5.90. The molecular weight excluding hydrogens is 338 g/mol. The van der Waals surface area contributed by atoms with Gasteiger partial charge in [-0.15, -0.1) is 0 Å². The first-order chi connectivity index (χ1) is 12.4. The maximum Gasteiger partial charge on any atom is 0.332 e. The molecule has 3 aromatic rings. The molecule has 9 heteroatoms. The smallest absolute Gasteiger partial charge is 0.327 e. The SMILES string of the molecule is Cn1c(=O)c2nc(Cc3ccc(/C=C/C(=O)NO)cc3)[nH]c2n(C)c1=O. The monoisotopic (exact) mass is 355 g/mol. The minimum Gasteiger partial charge on any atom is -0.327 e. The van der Waals surface area contributed by atoms with Gasteiger partial charge in [-0.1, -0.05) is 24.3 Å². The summed E-state index contributed by atoms with van der Waals surface area (Å²) in [6, 6.07) is 7.35. The Morgan fingerprint density at radius 2 is 1.92 bits per heavy atom. The lowest BCUT2D eigenvalue weighted by atomic mass is 10.1. The van der Waals surface area contributed by atoms with Crippen LogP contribution in [0.2, 0.25) is 0 Å². The molecule has 0 fully saturated rings. The van der Waals surface area contributed by atoms with Crippen LogP contribution in [0.3, 0.4) is 0 Å². The lowest BCUT2D eigenvalue weighted by Crippen LogP contribution is -2.36. The second-order valence-electron chi connectivity index (χ2n) is 5.81. The third kappa shape index (κ3) is 3.20. The molecule has 26 heavy (non-hydrogen) atoms. The Kier molecular flexibility index (Phi) is 4.55. The predicted molar refractivity (Wildman–Crippen MR) is 94.8 cm³/mol. The molecule has 0 radical (unpaired) electrons. The molecule has 1 amide bonds. The first kappa shape index (κ1) is 17.4. The highest BCUT2D eigenvalue weighted by Crippen LogP contribution is 2.12. The summed E-state index contributed by atoms with van der Waals surface area (Å²) in [6.45, 7) is 0.